The van der Waals surface area contributed by atoms with Crippen LogP contribution in [0.25, 0.3) is 0 Å². The average molecular weight is 384 g/mol. The number of hydrogen-bond donors (Lipinski definition) is 1. The van der Waals surface area contributed by atoms with E-state index in [1.165, 1.54) is 4.88 Å². The van der Waals surface area contributed by atoms with E-state index in [2.05, 4.69) is 49.7 Å². The highest BCUT2D eigenvalue weighted by atomic mass is 79.9. The Morgan fingerprint density at radius 3 is 2.94 bits per heavy atom. The van der Waals surface area contributed by atoms with E-state index < -0.39 is 0 Å². The Labute approximate surface area is 123 Å². The Balaban J connectivity index is 2.15. The van der Waals surface area contributed by atoms with Gasteiger partial charge < -0.3 is 10.5 Å². The maximum absolute atomic E-state index is 5.93. The smallest absolute Gasteiger partial charge is 0.0843 e. The van der Waals surface area contributed by atoms with Gasteiger partial charge in [-0.25, -0.2) is 0 Å². The molecule has 2 heterocycles. The predicted molar refractivity (Wildman–Crippen MR) is 78.5 cm³/mol. The van der Waals surface area contributed by atoms with Crippen molar-refractivity contribution in [2.45, 2.75) is 19.1 Å². The summed E-state index contributed by atoms with van der Waals surface area (Å²) in [5.41, 5.74) is 5.93. The first-order valence-electron chi connectivity index (χ1n) is 5.62. The van der Waals surface area contributed by atoms with Crippen LogP contribution in [0.15, 0.2) is 14.3 Å². The molecule has 1 aromatic heterocycles. The molecule has 0 aromatic carbocycles. The van der Waals surface area contributed by atoms with Crippen LogP contribution in [-0.2, 0) is 4.74 Å². The number of nitrogens with zero attached hydrogens (tertiary/aromatic N) is 1. The van der Waals surface area contributed by atoms with Gasteiger partial charge in [-0.3, -0.25) is 4.90 Å². The molecule has 0 amide bonds. The van der Waals surface area contributed by atoms with E-state index in [4.69, 9.17) is 10.5 Å². The zero-order valence-electron chi connectivity index (χ0n) is 9.66. The second-order valence-electron chi connectivity index (χ2n) is 4.20. The van der Waals surface area contributed by atoms with Crippen molar-refractivity contribution in [1.82, 2.24) is 4.90 Å². The number of thiophene rings is 1. The molecule has 2 unspecified atom stereocenters. The lowest BCUT2D eigenvalue weighted by molar-refractivity contribution is -0.0328. The van der Waals surface area contributed by atoms with Crippen LogP contribution in [0.5, 0.6) is 0 Å². The summed E-state index contributed by atoms with van der Waals surface area (Å²) in [6.07, 6.45) is 0.296. The van der Waals surface area contributed by atoms with Crippen LogP contribution in [0.2, 0.25) is 0 Å². The molecule has 0 spiro atoms. The maximum atomic E-state index is 5.93. The number of hydrogen-bond acceptors (Lipinski definition) is 4. The molecule has 0 saturated carbocycles. The fourth-order valence-electron chi connectivity index (χ4n) is 2.10. The van der Waals surface area contributed by atoms with Gasteiger partial charge in [0.2, 0.25) is 0 Å². The van der Waals surface area contributed by atoms with E-state index in [0.717, 1.165) is 28.0 Å². The number of ether oxygens (including phenoxy) is 1. The summed E-state index contributed by atoms with van der Waals surface area (Å²) in [6.45, 7) is 5.46. The van der Waals surface area contributed by atoms with Gasteiger partial charge in [-0.1, -0.05) is 0 Å². The summed E-state index contributed by atoms with van der Waals surface area (Å²) in [5, 5.41) is 0. The van der Waals surface area contributed by atoms with E-state index in [0.29, 0.717) is 18.7 Å². The predicted octanol–water partition coefficient (Wildman–Crippen LogP) is 2.99. The SMILES string of the molecule is CC1CN(C(CN)c2cc(Br)c(Br)s2)CCO1. The van der Waals surface area contributed by atoms with Crippen LogP contribution in [0, 0.1) is 0 Å². The monoisotopic (exact) mass is 382 g/mol. The molecule has 1 fully saturated rings. The number of nitrogens with two attached hydrogens (primary N) is 1. The second kappa shape index (κ2) is 6.12. The molecule has 2 N–H and O–H groups in total. The van der Waals surface area contributed by atoms with Gasteiger partial charge in [-0.15, -0.1) is 11.3 Å². The quantitative estimate of drug-likeness (QED) is 0.871. The van der Waals surface area contributed by atoms with Gasteiger partial charge in [0.25, 0.3) is 0 Å². The molecule has 6 heteroatoms. The Hall–Kier alpha value is 0.540. The van der Waals surface area contributed by atoms with E-state index in [9.17, 15) is 0 Å². The van der Waals surface area contributed by atoms with Gasteiger partial charge in [-0.05, 0) is 44.8 Å². The normalized spacial score (nSPS) is 23.9. The van der Waals surface area contributed by atoms with Gasteiger partial charge in [0.1, 0.15) is 0 Å². The fraction of sp³-hybridized carbons (Fsp3) is 0.636. The Morgan fingerprint density at radius 2 is 2.41 bits per heavy atom. The van der Waals surface area contributed by atoms with E-state index in [-0.39, 0.29) is 0 Å². The lowest BCUT2D eigenvalue weighted by Crippen LogP contribution is -2.44. The summed E-state index contributed by atoms with van der Waals surface area (Å²) in [4.78, 5) is 3.72. The molecular formula is C11H16Br2N2OS. The average Bonchev–Trinajstić information content (AvgIpc) is 2.60. The maximum Gasteiger partial charge on any atom is 0.0843 e. The topological polar surface area (TPSA) is 38.5 Å². The molecule has 2 rings (SSSR count). The van der Waals surface area contributed by atoms with Gasteiger partial charge in [0, 0.05) is 29.0 Å². The third-order valence-electron chi connectivity index (χ3n) is 2.93. The summed E-state index contributed by atoms with van der Waals surface area (Å²) in [7, 11) is 0. The van der Waals surface area contributed by atoms with E-state index in [1.54, 1.807) is 11.3 Å². The lowest BCUT2D eigenvalue weighted by Gasteiger charge is -2.36. The first kappa shape index (κ1) is 14.0. The van der Waals surface area contributed by atoms with Crippen molar-refractivity contribution >= 4 is 43.2 Å². The molecule has 17 heavy (non-hydrogen) atoms. The van der Waals surface area contributed by atoms with Crippen molar-refractivity contribution in [1.29, 1.82) is 0 Å². The summed E-state index contributed by atoms with van der Waals surface area (Å²) in [5.74, 6) is 0. The Kier molecular flexibility index (Phi) is 5.03. The standard InChI is InChI=1S/C11H16Br2N2OS/c1-7-6-15(2-3-16-7)9(5-14)10-4-8(12)11(13)17-10/h4,7,9H,2-3,5-6,14H2,1H3. The summed E-state index contributed by atoms with van der Waals surface area (Å²) < 4.78 is 7.81. The molecule has 1 aliphatic heterocycles. The zero-order chi connectivity index (χ0) is 12.4. The van der Waals surface area contributed by atoms with Crippen molar-refractivity contribution in [3.63, 3.8) is 0 Å². The Bertz CT molecular complexity index is 366. The first-order chi connectivity index (χ1) is 8.11. The lowest BCUT2D eigenvalue weighted by atomic mass is 10.1. The van der Waals surface area contributed by atoms with Gasteiger partial charge in [-0.2, -0.15) is 0 Å². The molecule has 1 aromatic rings. The van der Waals surface area contributed by atoms with Crippen LogP contribution in [0.4, 0.5) is 0 Å². The van der Waals surface area contributed by atoms with Gasteiger partial charge >= 0.3 is 0 Å². The largest absolute Gasteiger partial charge is 0.376 e. The molecular weight excluding hydrogens is 368 g/mol. The number of halogens is 2. The van der Waals surface area contributed by atoms with E-state index >= 15 is 0 Å². The van der Waals surface area contributed by atoms with Gasteiger partial charge in [0.15, 0.2) is 0 Å². The highest BCUT2D eigenvalue weighted by Gasteiger charge is 2.26. The van der Waals surface area contributed by atoms with Crippen molar-refractivity contribution in [3.05, 3.63) is 19.2 Å². The fourth-order valence-corrected chi connectivity index (χ4v) is 4.34. The number of rotatable bonds is 3. The van der Waals surface area contributed by atoms with Crippen molar-refractivity contribution in [2.75, 3.05) is 26.2 Å². The minimum atomic E-state index is 0.296. The minimum Gasteiger partial charge on any atom is -0.376 e. The molecule has 1 aliphatic rings. The molecule has 0 radical (unpaired) electrons. The Morgan fingerprint density at radius 1 is 1.65 bits per heavy atom. The molecule has 0 bridgehead atoms. The summed E-state index contributed by atoms with van der Waals surface area (Å²) in [6, 6.07) is 2.46. The third-order valence-corrected chi connectivity index (χ3v) is 6.29. The highest BCUT2D eigenvalue weighted by molar-refractivity contribution is 9.13. The highest BCUT2D eigenvalue weighted by Crippen LogP contribution is 2.37. The van der Waals surface area contributed by atoms with Crippen LogP contribution >= 0.6 is 43.2 Å². The van der Waals surface area contributed by atoms with Crippen LogP contribution < -0.4 is 5.73 Å². The van der Waals surface area contributed by atoms with Gasteiger partial charge in [0.05, 0.1) is 22.5 Å². The molecule has 3 nitrogen and oxygen atoms in total. The van der Waals surface area contributed by atoms with Crippen LogP contribution in [-0.4, -0.2) is 37.2 Å². The zero-order valence-corrected chi connectivity index (χ0v) is 13.6. The third kappa shape index (κ3) is 3.30. The summed E-state index contributed by atoms with van der Waals surface area (Å²) >= 11 is 8.82. The number of morpholine rings is 1. The van der Waals surface area contributed by atoms with Crippen molar-refractivity contribution in [2.24, 2.45) is 5.73 Å². The molecule has 2 atom stereocenters. The molecule has 1 saturated heterocycles. The van der Waals surface area contributed by atoms with Crippen LogP contribution in [0.1, 0.15) is 17.8 Å². The molecule has 96 valence electrons. The minimum absolute atomic E-state index is 0.296. The van der Waals surface area contributed by atoms with Crippen LogP contribution in [0.3, 0.4) is 0 Å². The van der Waals surface area contributed by atoms with Crippen molar-refractivity contribution in [3.8, 4) is 0 Å². The van der Waals surface area contributed by atoms with Crippen molar-refractivity contribution < 1.29 is 4.74 Å². The first-order valence-corrected chi connectivity index (χ1v) is 8.02. The van der Waals surface area contributed by atoms with E-state index in [1.807, 2.05) is 0 Å². The second-order valence-corrected chi connectivity index (χ2v) is 7.45. The molecule has 0 aliphatic carbocycles.